The van der Waals surface area contributed by atoms with Gasteiger partial charge in [0.1, 0.15) is 29.2 Å². The number of halogens is 3. The molecule has 3 heterocycles. The first-order valence-electron chi connectivity index (χ1n) is 10.1. The highest BCUT2D eigenvalue weighted by Gasteiger charge is 2.20. The Bertz CT molecular complexity index is 1360. The number of aryl methyl sites for hydroxylation is 1. The number of thiophene rings is 1. The summed E-state index contributed by atoms with van der Waals surface area (Å²) in [6.07, 6.45) is 3.01. The number of hydrogen-bond donors (Lipinski definition) is 2. The number of carbonyl (C=O) groups is 1. The molecule has 0 aliphatic carbocycles. The number of ether oxygens (including phenoxy) is 1. The summed E-state index contributed by atoms with van der Waals surface area (Å²) < 4.78 is 33.5. The molecule has 3 N–H and O–H groups in total. The minimum atomic E-state index is -0.624. The van der Waals surface area contributed by atoms with Crippen molar-refractivity contribution in [3.05, 3.63) is 87.0 Å². The first-order valence-corrected chi connectivity index (χ1v) is 11.3. The standard InChI is InChI=1S/C24H19ClF2N4O2S/c1-12(14-3-16(26)10-29-9-14)33-21-6-17(27)11-30-23(21)20-8-22(34-13(20)2)24(32)31-19-5-15(25)4-18(28)7-19/h3-12H,28H2,1-2H3,(H,31,32). The number of carbonyl (C=O) groups excluding carboxylic acids is 1. The molecule has 0 fully saturated rings. The summed E-state index contributed by atoms with van der Waals surface area (Å²) in [5.41, 5.74) is 8.12. The van der Waals surface area contributed by atoms with E-state index < -0.39 is 17.7 Å². The third kappa shape index (κ3) is 5.32. The van der Waals surface area contributed by atoms with Crippen LogP contribution in [0.3, 0.4) is 0 Å². The lowest BCUT2D eigenvalue weighted by Crippen LogP contribution is -2.10. The van der Waals surface area contributed by atoms with Crippen molar-refractivity contribution in [3.63, 3.8) is 0 Å². The van der Waals surface area contributed by atoms with E-state index in [-0.39, 0.29) is 11.7 Å². The van der Waals surface area contributed by atoms with Crippen LogP contribution in [0.15, 0.2) is 55.0 Å². The Morgan fingerprint density at radius 1 is 1.12 bits per heavy atom. The van der Waals surface area contributed by atoms with Gasteiger partial charge in [0.15, 0.2) is 0 Å². The quantitative estimate of drug-likeness (QED) is 0.298. The zero-order valence-electron chi connectivity index (χ0n) is 18.1. The zero-order chi connectivity index (χ0) is 24.4. The number of amides is 1. The fourth-order valence-corrected chi connectivity index (χ4v) is 4.49. The van der Waals surface area contributed by atoms with Crippen molar-refractivity contribution in [1.82, 2.24) is 9.97 Å². The number of anilines is 2. The van der Waals surface area contributed by atoms with Crippen molar-refractivity contribution >= 4 is 40.2 Å². The molecule has 4 rings (SSSR count). The summed E-state index contributed by atoms with van der Waals surface area (Å²) in [4.78, 5) is 22.0. The van der Waals surface area contributed by atoms with E-state index >= 15 is 0 Å². The fraction of sp³-hybridized carbons (Fsp3) is 0.125. The number of nitrogens with zero attached hydrogens (tertiary/aromatic N) is 2. The number of pyridine rings is 2. The molecule has 0 aliphatic heterocycles. The van der Waals surface area contributed by atoms with Crippen molar-refractivity contribution < 1.29 is 18.3 Å². The number of rotatable bonds is 6. The van der Waals surface area contributed by atoms with Gasteiger partial charge in [-0.05, 0) is 44.2 Å². The number of hydrogen-bond acceptors (Lipinski definition) is 6. The van der Waals surface area contributed by atoms with Gasteiger partial charge in [0, 0.05) is 44.7 Å². The lowest BCUT2D eigenvalue weighted by molar-refractivity contribution is 0.103. The minimum Gasteiger partial charge on any atom is -0.484 e. The molecule has 174 valence electrons. The Morgan fingerprint density at radius 3 is 2.62 bits per heavy atom. The van der Waals surface area contributed by atoms with Crippen LogP contribution in [0, 0.1) is 18.6 Å². The van der Waals surface area contributed by atoms with Gasteiger partial charge in [0.2, 0.25) is 0 Å². The van der Waals surface area contributed by atoms with Gasteiger partial charge in [0.05, 0.1) is 17.3 Å². The van der Waals surface area contributed by atoms with Gasteiger partial charge < -0.3 is 15.8 Å². The van der Waals surface area contributed by atoms with E-state index in [1.165, 1.54) is 29.7 Å². The molecule has 34 heavy (non-hydrogen) atoms. The van der Waals surface area contributed by atoms with Gasteiger partial charge in [-0.3, -0.25) is 9.78 Å². The highest BCUT2D eigenvalue weighted by Crippen LogP contribution is 2.37. The van der Waals surface area contributed by atoms with Gasteiger partial charge in [-0.15, -0.1) is 11.3 Å². The van der Waals surface area contributed by atoms with Crippen LogP contribution in [-0.2, 0) is 0 Å². The van der Waals surface area contributed by atoms with Crippen LogP contribution in [0.25, 0.3) is 11.3 Å². The molecule has 10 heteroatoms. The Morgan fingerprint density at radius 2 is 1.88 bits per heavy atom. The predicted molar refractivity (Wildman–Crippen MR) is 129 cm³/mol. The highest BCUT2D eigenvalue weighted by atomic mass is 35.5. The van der Waals surface area contributed by atoms with Crippen molar-refractivity contribution in [2.75, 3.05) is 11.1 Å². The summed E-state index contributed by atoms with van der Waals surface area (Å²) in [5.74, 6) is -1.29. The van der Waals surface area contributed by atoms with E-state index in [1.54, 1.807) is 31.2 Å². The maximum Gasteiger partial charge on any atom is 0.265 e. The van der Waals surface area contributed by atoms with E-state index in [4.69, 9.17) is 22.1 Å². The topological polar surface area (TPSA) is 90.1 Å². The number of nitrogens with two attached hydrogens (primary N) is 1. The molecular formula is C24H19ClF2N4O2S. The number of benzene rings is 1. The molecule has 0 bridgehead atoms. The summed E-state index contributed by atoms with van der Waals surface area (Å²) in [5, 5.41) is 3.17. The molecule has 6 nitrogen and oxygen atoms in total. The lowest BCUT2D eigenvalue weighted by Gasteiger charge is -2.17. The second kappa shape index (κ2) is 9.74. The molecule has 1 aromatic carbocycles. The van der Waals surface area contributed by atoms with Gasteiger partial charge in [0.25, 0.3) is 5.91 Å². The third-order valence-electron chi connectivity index (χ3n) is 4.89. The van der Waals surface area contributed by atoms with Crippen LogP contribution in [0.1, 0.15) is 33.1 Å². The molecule has 0 spiro atoms. The number of aromatic nitrogens is 2. The molecule has 1 amide bonds. The third-order valence-corrected chi connectivity index (χ3v) is 6.16. The van der Waals surface area contributed by atoms with Crippen LogP contribution in [0.4, 0.5) is 20.2 Å². The first-order chi connectivity index (χ1) is 16.2. The van der Waals surface area contributed by atoms with Crippen LogP contribution in [0.2, 0.25) is 5.02 Å². The molecule has 0 radical (unpaired) electrons. The van der Waals surface area contributed by atoms with Crippen LogP contribution in [-0.4, -0.2) is 15.9 Å². The normalized spacial score (nSPS) is 11.8. The number of nitrogen functional groups attached to an aromatic ring is 1. The Labute approximate surface area is 203 Å². The van der Waals surface area contributed by atoms with E-state index in [1.807, 2.05) is 6.92 Å². The highest BCUT2D eigenvalue weighted by molar-refractivity contribution is 7.14. The van der Waals surface area contributed by atoms with Crippen LogP contribution >= 0.6 is 22.9 Å². The van der Waals surface area contributed by atoms with Crippen LogP contribution in [0.5, 0.6) is 5.75 Å². The summed E-state index contributed by atoms with van der Waals surface area (Å²) in [6, 6.07) is 8.93. The predicted octanol–water partition coefficient (Wildman–Crippen LogP) is 6.42. The molecule has 0 aliphatic rings. The number of nitrogens with one attached hydrogen (secondary N) is 1. The van der Waals surface area contributed by atoms with E-state index in [0.717, 1.165) is 17.3 Å². The van der Waals surface area contributed by atoms with Crippen LogP contribution < -0.4 is 15.8 Å². The smallest absolute Gasteiger partial charge is 0.265 e. The molecule has 3 aromatic heterocycles. The van der Waals surface area contributed by atoms with E-state index in [9.17, 15) is 13.6 Å². The molecule has 1 atom stereocenters. The van der Waals surface area contributed by atoms with Crippen molar-refractivity contribution in [3.8, 4) is 17.0 Å². The summed E-state index contributed by atoms with van der Waals surface area (Å²) in [7, 11) is 0. The maximum atomic E-state index is 14.0. The SMILES string of the molecule is Cc1sc(C(=O)Nc2cc(N)cc(Cl)c2)cc1-c1ncc(F)cc1OC(C)c1cncc(F)c1. The molecule has 0 saturated carbocycles. The van der Waals surface area contributed by atoms with Crippen molar-refractivity contribution in [1.29, 1.82) is 0 Å². The second-order valence-corrected chi connectivity index (χ2v) is 9.20. The second-order valence-electron chi connectivity index (χ2n) is 7.50. The molecular weight excluding hydrogens is 482 g/mol. The average molecular weight is 501 g/mol. The average Bonchev–Trinajstić information content (AvgIpc) is 3.15. The summed E-state index contributed by atoms with van der Waals surface area (Å²) in [6.45, 7) is 3.52. The zero-order valence-corrected chi connectivity index (χ0v) is 19.7. The summed E-state index contributed by atoms with van der Waals surface area (Å²) >= 11 is 7.26. The van der Waals surface area contributed by atoms with Gasteiger partial charge in [-0.2, -0.15) is 0 Å². The molecule has 4 aromatic rings. The van der Waals surface area contributed by atoms with Gasteiger partial charge >= 0.3 is 0 Å². The monoisotopic (exact) mass is 500 g/mol. The van der Waals surface area contributed by atoms with Crippen molar-refractivity contribution in [2.45, 2.75) is 20.0 Å². The van der Waals surface area contributed by atoms with Crippen molar-refractivity contribution in [2.24, 2.45) is 0 Å². The van der Waals surface area contributed by atoms with Gasteiger partial charge in [-0.1, -0.05) is 11.6 Å². The van der Waals surface area contributed by atoms with E-state index in [0.29, 0.717) is 38.1 Å². The first kappa shape index (κ1) is 23.6. The Kier molecular flexibility index (Phi) is 6.76. The maximum absolute atomic E-state index is 14.0. The Hall–Kier alpha value is -3.56. The molecule has 1 unspecified atom stereocenters. The van der Waals surface area contributed by atoms with E-state index in [2.05, 4.69) is 15.3 Å². The largest absolute Gasteiger partial charge is 0.484 e. The lowest BCUT2D eigenvalue weighted by atomic mass is 10.1. The fourth-order valence-electron chi connectivity index (χ4n) is 3.33. The Balaban J connectivity index is 1.63. The molecule has 0 saturated heterocycles. The van der Waals surface area contributed by atoms with Gasteiger partial charge in [-0.25, -0.2) is 13.8 Å². The minimum absolute atomic E-state index is 0.159.